The maximum atomic E-state index is 10.3. The first-order valence-corrected chi connectivity index (χ1v) is 6.94. The van der Waals surface area contributed by atoms with Crippen LogP contribution in [0.2, 0.25) is 0 Å². The lowest BCUT2D eigenvalue weighted by Crippen LogP contribution is -2.45. The summed E-state index contributed by atoms with van der Waals surface area (Å²) in [6.45, 7) is 5.84. The molecule has 0 spiro atoms. The molecular formula is C13H25N3O2. The van der Waals surface area contributed by atoms with Crippen molar-refractivity contribution in [3.63, 3.8) is 0 Å². The molecule has 0 saturated carbocycles. The van der Waals surface area contributed by atoms with Crippen molar-refractivity contribution >= 4 is 5.96 Å². The topological polar surface area (TPSA) is 71.1 Å². The molecule has 2 aliphatic rings. The molecular weight excluding hydrogens is 230 g/mol. The molecule has 0 aliphatic carbocycles. The molecule has 3 N–H and O–H groups in total. The number of nitrogens with two attached hydrogens (primary N) is 1. The molecule has 1 unspecified atom stereocenters. The Morgan fingerprint density at radius 2 is 2.22 bits per heavy atom. The molecule has 0 aromatic carbocycles. The van der Waals surface area contributed by atoms with E-state index < -0.39 is 5.60 Å². The van der Waals surface area contributed by atoms with Crippen molar-refractivity contribution < 1.29 is 9.84 Å². The Morgan fingerprint density at radius 3 is 2.89 bits per heavy atom. The van der Waals surface area contributed by atoms with E-state index in [1.807, 2.05) is 0 Å². The highest BCUT2D eigenvalue weighted by Crippen LogP contribution is 2.21. The van der Waals surface area contributed by atoms with Gasteiger partial charge in [0.25, 0.3) is 0 Å². The van der Waals surface area contributed by atoms with Crippen LogP contribution in [-0.2, 0) is 4.74 Å². The van der Waals surface area contributed by atoms with Gasteiger partial charge in [0.1, 0.15) is 0 Å². The number of aliphatic imine (C=N–C) groups is 1. The number of hydrogen-bond donors (Lipinski definition) is 2. The van der Waals surface area contributed by atoms with Crippen molar-refractivity contribution in [1.82, 2.24) is 4.90 Å². The molecule has 2 fully saturated rings. The van der Waals surface area contributed by atoms with E-state index in [1.165, 1.54) is 12.8 Å². The lowest BCUT2D eigenvalue weighted by atomic mass is 9.95. The number of guanidine groups is 1. The monoisotopic (exact) mass is 255 g/mol. The van der Waals surface area contributed by atoms with Crippen molar-refractivity contribution in [3.8, 4) is 0 Å². The molecule has 2 aliphatic heterocycles. The van der Waals surface area contributed by atoms with Crippen molar-refractivity contribution in [1.29, 1.82) is 0 Å². The van der Waals surface area contributed by atoms with Gasteiger partial charge in [0.2, 0.25) is 0 Å². The summed E-state index contributed by atoms with van der Waals surface area (Å²) in [5.41, 5.74) is 5.30. The number of rotatable bonds is 2. The van der Waals surface area contributed by atoms with Crippen LogP contribution in [0.25, 0.3) is 0 Å². The fourth-order valence-electron chi connectivity index (χ4n) is 2.64. The van der Waals surface area contributed by atoms with Crippen LogP contribution in [-0.4, -0.2) is 54.4 Å². The Kier molecular flexibility index (Phi) is 4.45. The Labute approximate surface area is 109 Å². The van der Waals surface area contributed by atoms with E-state index in [0.717, 1.165) is 13.1 Å². The summed E-state index contributed by atoms with van der Waals surface area (Å²) < 4.78 is 5.25. The predicted molar refractivity (Wildman–Crippen MR) is 71.5 cm³/mol. The van der Waals surface area contributed by atoms with Crippen LogP contribution in [0.4, 0.5) is 0 Å². The Bertz CT molecular complexity index is 301. The third kappa shape index (κ3) is 3.59. The molecule has 5 nitrogen and oxygen atoms in total. The molecule has 0 aromatic heterocycles. The number of likely N-dealkylation sites (tertiary alicyclic amines) is 1. The first kappa shape index (κ1) is 13.6. The summed E-state index contributed by atoms with van der Waals surface area (Å²) in [7, 11) is 0. The zero-order chi connectivity index (χ0) is 13.0. The minimum Gasteiger partial charge on any atom is -0.388 e. The lowest BCUT2D eigenvalue weighted by molar-refractivity contribution is -0.0566. The number of aliphatic hydroxyl groups is 1. The summed E-state index contributed by atoms with van der Waals surface area (Å²) in [5.74, 6) is 1.26. The summed E-state index contributed by atoms with van der Waals surface area (Å²) in [6.07, 6.45) is 3.75. The van der Waals surface area contributed by atoms with Gasteiger partial charge in [-0.1, -0.05) is 6.92 Å². The van der Waals surface area contributed by atoms with Crippen molar-refractivity contribution in [2.24, 2.45) is 16.6 Å². The van der Waals surface area contributed by atoms with Gasteiger partial charge >= 0.3 is 0 Å². The SMILES string of the molecule is CC1CCCN(C(N)=NCC2(O)CCOCC2)C1. The van der Waals surface area contributed by atoms with Crippen molar-refractivity contribution in [2.45, 2.75) is 38.2 Å². The highest BCUT2D eigenvalue weighted by molar-refractivity contribution is 5.78. The van der Waals surface area contributed by atoms with E-state index >= 15 is 0 Å². The number of nitrogens with zero attached hydrogens (tertiary/aromatic N) is 2. The molecule has 0 aromatic rings. The highest BCUT2D eigenvalue weighted by atomic mass is 16.5. The second-order valence-electron chi connectivity index (χ2n) is 5.70. The third-order valence-electron chi connectivity index (χ3n) is 3.94. The zero-order valence-electron chi connectivity index (χ0n) is 11.3. The summed E-state index contributed by atoms with van der Waals surface area (Å²) >= 11 is 0. The molecule has 2 heterocycles. The van der Waals surface area contributed by atoms with E-state index in [2.05, 4.69) is 16.8 Å². The first-order chi connectivity index (χ1) is 8.59. The zero-order valence-corrected chi connectivity index (χ0v) is 11.3. The molecule has 1 atom stereocenters. The fraction of sp³-hybridized carbons (Fsp3) is 0.923. The smallest absolute Gasteiger partial charge is 0.191 e. The maximum absolute atomic E-state index is 10.3. The van der Waals surface area contributed by atoms with Crippen molar-refractivity contribution in [3.05, 3.63) is 0 Å². The van der Waals surface area contributed by atoms with E-state index in [1.54, 1.807) is 0 Å². The summed E-state index contributed by atoms with van der Waals surface area (Å²) in [4.78, 5) is 6.53. The molecule has 2 saturated heterocycles. The molecule has 5 heteroatoms. The fourth-order valence-corrected chi connectivity index (χ4v) is 2.64. The average molecular weight is 255 g/mol. The van der Waals surface area contributed by atoms with Crippen LogP contribution in [0.15, 0.2) is 4.99 Å². The standard InChI is InChI=1S/C13H25N3O2/c1-11-3-2-6-16(9-11)12(14)15-10-13(17)4-7-18-8-5-13/h11,17H,2-10H2,1H3,(H2,14,15). The molecule has 2 rings (SSSR count). The molecule has 0 bridgehead atoms. The first-order valence-electron chi connectivity index (χ1n) is 6.94. The Hall–Kier alpha value is -0.810. The number of hydrogen-bond acceptors (Lipinski definition) is 3. The third-order valence-corrected chi connectivity index (χ3v) is 3.94. The lowest BCUT2D eigenvalue weighted by Gasteiger charge is -2.33. The second kappa shape index (κ2) is 5.89. The minimum absolute atomic E-state index is 0.396. The van der Waals surface area contributed by atoms with E-state index in [0.29, 0.717) is 44.5 Å². The minimum atomic E-state index is -0.718. The van der Waals surface area contributed by atoms with E-state index in [4.69, 9.17) is 10.5 Å². The summed E-state index contributed by atoms with van der Waals surface area (Å²) in [5, 5.41) is 10.3. The Morgan fingerprint density at radius 1 is 1.50 bits per heavy atom. The highest BCUT2D eigenvalue weighted by Gasteiger charge is 2.29. The van der Waals surface area contributed by atoms with Gasteiger partial charge in [0, 0.05) is 39.1 Å². The van der Waals surface area contributed by atoms with Gasteiger partial charge in [-0.2, -0.15) is 0 Å². The van der Waals surface area contributed by atoms with Crippen LogP contribution in [0.3, 0.4) is 0 Å². The van der Waals surface area contributed by atoms with Gasteiger partial charge in [-0.3, -0.25) is 4.99 Å². The average Bonchev–Trinajstić information content (AvgIpc) is 2.37. The van der Waals surface area contributed by atoms with Crippen molar-refractivity contribution in [2.75, 3.05) is 32.8 Å². The maximum Gasteiger partial charge on any atom is 0.191 e. The quantitative estimate of drug-likeness (QED) is 0.559. The molecule has 18 heavy (non-hydrogen) atoms. The largest absolute Gasteiger partial charge is 0.388 e. The van der Waals surface area contributed by atoms with Gasteiger partial charge in [0.05, 0.1) is 12.1 Å². The molecule has 104 valence electrons. The van der Waals surface area contributed by atoms with Crippen LogP contribution in [0.1, 0.15) is 32.6 Å². The Balaban J connectivity index is 1.87. The molecule has 0 radical (unpaired) electrons. The van der Waals surface area contributed by atoms with E-state index in [-0.39, 0.29) is 0 Å². The van der Waals surface area contributed by atoms with Crippen LogP contribution < -0.4 is 5.73 Å². The summed E-state index contributed by atoms with van der Waals surface area (Å²) in [6, 6.07) is 0. The van der Waals surface area contributed by atoms with Crippen LogP contribution in [0, 0.1) is 5.92 Å². The van der Waals surface area contributed by atoms with Gasteiger partial charge in [-0.15, -0.1) is 0 Å². The van der Waals surface area contributed by atoms with Crippen LogP contribution in [0.5, 0.6) is 0 Å². The van der Waals surface area contributed by atoms with Gasteiger partial charge in [-0.05, 0) is 18.8 Å². The number of piperidine rings is 1. The molecule has 0 amide bonds. The number of ether oxygens (including phenoxy) is 1. The predicted octanol–water partition coefficient (Wildman–Crippen LogP) is 0.575. The van der Waals surface area contributed by atoms with Gasteiger partial charge in [-0.25, -0.2) is 0 Å². The second-order valence-corrected chi connectivity index (χ2v) is 5.70. The van der Waals surface area contributed by atoms with E-state index in [9.17, 15) is 5.11 Å². The van der Waals surface area contributed by atoms with Gasteiger partial charge in [0.15, 0.2) is 5.96 Å². The normalized spacial score (nSPS) is 29.3. The van der Waals surface area contributed by atoms with Crippen LogP contribution >= 0.6 is 0 Å². The van der Waals surface area contributed by atoms with Gasteiger partial charge < -0.3 is 20.5 Å².